The Hall–Kier alpha value is -2.47. The molecule has 27 heavy (non-hydrogen) atoms. The van der Waals surface area contributed by atoms with Crippen LogP contribution in [0.3, 0.4) is 0 Å². The van der Waals surface area contributed by atoms with Crippen molar-refractivity contribution in [2.45, 2.75) is 50.7 Å². The normalized spacial score (nSPS) is 19.9. The van der Waals surface area contributed by atoms with E-state index in [1.165, 1.54) is 25.7 Å². The molecule has 1 aromatic carbocycles. The van der Waals surface area contributed by atoms with Crippen LogP contribution in [-0.2, 0) is 4.74 Å². The molecule has 1 aromatic heterocycles. The summed E-state index contributed by atoms with van der Waals surface area (Å²) in [7, 11) is 0. The fraction of sp³-hybridized carbons (Fsp3) is 0.476. The third-order valence-electron chi connectivity index (χ3n) is 5.31. The minimum atomic E-state index is -0.0835. The molecule has 2 fully saturated rings. The summed E-state index contributed by atoms with van der Waals surface area (Å²) in [6.45, 7) is 1.35. The third-order valence-corrected chi connectivity index (χ3v) is 5.31. The van der Waals surface area contributed by atoms with Crippen LogP contribution in [0, 0.1) is 0 Å². The van der Waals surface area contributed by atoms with E-state index in [0.29, 0.717) is 18.2 Å². The second-order valence-corrected chi connectivity index (χ2v) is 7.36. The van der Waals surface area contributed by atoms with Gasteiger partial charge in [-0.05, 0) is 49.9 Å². The number of amides is 1. The first kappa shape index (κ1) is 17.9. The predicted octanol–water partition coefficient (Wildman–Crippen LogP) is 3.41. The molecule has 142 valence electrons. The van der Waals surface area contributed by atoms with Gasteiger partial charge in [-0.3, -0.25) is 4.79 Å². The molecule has 1 aliphatic heterocycles. The number of carbonyl (C=O) groups is 1. The van der Waals surface area contributed by atoms with Crippen molar-refractivity contribution in [2.24, 2.45) is 0 Å². The van der Waals surface area contributed by atoms with Gasteiger partial charge in [0.15, 0.2) is 0 Å². The summed E-state index contributed by atoms with van der Waals surface area (Å²) >= 11 is 0. The zero-order valence-electron chi connectivity index (χ0n) is 15.5. The lowest BCUT2D eigenvalue weighted by Crippen LogP contribution is -2.31. The van der Waals surface area contributed by atoms with Gasteiger partial charge in [0.05, 0.1) is 11.8 Å². The minimum Gasteiger partial charge on any atom is -0.376 e. The molecule has 0 bridgehead atoms. The molecule has 2 heterocycles. The Balaban J connectivity index is 1.39. The summed E-state index contributed by atoms with van der Waals surface area (Å²) in [6.07, 6.45) is 7.19. The maximum Gasteiger partial charge on any atom is 0.251 e. The van der Waals surface area contributed by atoms with Crippen LogP contribution in [0.5, 0.6) is 0 Å². The fourth-order valence-corrected chi connectivity index (χ4v) is 3.78. The van der Waals surface area contributed by atoms with Crippen LogP contribution in [0.25, 0.3) is 11.3 Å². The predicted molar refractivity (Wildman–Crippen MR) is 105 cm³/mol. The Labute approximate surface area is 159 Å². The lowest BCUT2D eigenvalue weighted by atomic mass is 10.1. The van der Waals surface area contributed by atoms with Crippen molar-refractivity contribution in [3.05, 3.63) is 42.0 Å². The fourth-order valence-electron chi connectivity index (χ4n) is 3.78. The molecule has 0 unspecified atom stereocenters. The van der Waals surface area contributed by atoms with Crippen molar-refractivity contribution in [1.82, 2.24) is 15.5 Å². The van der Waals surface area contributed by atoms with E-state index in [1.807, 2.05) is 36.4 Å². The lowest BCUT2D eigenvalue weighted by Gasteiger charge is -2.12. The Kier molecular flexibility index (Phi) is 5.63. The van der Waals surface area contributed by atoms with E-state index < -0.39 is 0 Å². The van der Waals surface area contributed by atoms with Crippen LogP contribution in [-0.4, -0.2) is 41.4 Å². The summed E-state index contributed by atoms with van der Waals surface area (Å²) in [5, 5.41) is 15.0. The van der Waals surface area contributed by atoms with Crippen LogP contribution < -0.4 is 10.6 Å². The number of ether oxygens (including phenoxy) is 1. The molecule has 0 radical (unpaired) electrons. The molecular weight excluding hydrogens is 340 g/mol. The lowest BCUT2D eigenvalue weighted by molar-refractivity contribution is 0.0858. The van der Waals surface area contributed by atoms with E-state index in [2.05, 4.69) is 20.8 Å². The molecule has 1 aliphatic carbocycles. The second-order valence-electron chi connectivity index (χ2n) is 7.36. The standard InChI is InChI=1S/C21H26N4O2/c26-21(22-14-18-9-4-12-27-18)16-6-3-5-15(13-16)19-10-11-20(25-24-19)23-17-7-1-2-8-17/h3,5-6,10-11,13,17-18H,1-2,4,7-9,12,14H2,(H,22,26)(H,23,25)/t18-/m0/s1. The first-order valence-electron chi connectivity index (χ1n) is 9.88. The van der Waals surface area contributed by atoms with Crippen LogP contribution in [0.15, 0.2) is 36.4 Å². The molecular formula is C21H26N4O2. The number of anilines is 1. The summed E-state index contributed by atoms with van der Waals surface area (Å²) in [5.41, 5.74) is 2.28. The molecule has 4 rings (SSSR count). The number of nitrogens with zero attached hydrogens (tertiary/aromatic N) is 2. The number of hydrogen-bond acceptors (Lipinski definition) is 5. The number of carbonyl (C=O) groups excluding carboxylic acids is 1. The van der Waals surface area contributed by atoms with E-state index in [-0.39, 0.29) is 12.0 Å². The highest BCUT2D eigenvalue weighted by atomic mass is 16.5. The van der Waals surface area contributed by atoms with E-state index >= 15 is 0 Å². The van der Waals surface area contributed by atoms with Crippen LogP contribution in [0.2, 0.25) is 0 Å². The van der Waals surface area contributed by atoms with Crippen molar-refractivity contribution in [3.63, 3.8) is 0 Å². The van der Waals surface area contributed by atoms with Gasteiger partial charge in [0.25, 0.3) is 5.91 Å². The molecule has 0 spiro atoms. The monoisotopic (exact) mass is 366 g/mol. The largest absolute Gasteiger partial charge is 0.376 e. The summed E-state index contributed by atoms with van der Waals surface area (Å²) in [6, 6.07) is 11.9. The molecule has 1 amide bonds. The highest BCUT2D eigenvalue weighted by Crippen LogP contribution is 2.23. The third kappa shape index (κ3) is 4.63. The minimum absolute atomic E-state index is 0.0835. The quantitative estimate of drug-likeness (QED) is 0.819. The van der Waals surface area contributed by atoms with Gasteiger partial charge < -0.3 is 15.4 Å². The number of aromatic nitrogens is 2. The van der Waals surface area contributed by atoms with Gasteiger partial charge in [-0.15, -0.1) is 10.2 Å². The number of benzene rings is 1. The van der Waals surface area contributed by atoms with Gasteiger partial charge in [0.2, 0.25) is 0 Å². The van der Waals surface area contributed by atoms with Crippen molar-refractivity contribution in [3.8, 4) is 11.3 Å². The molecule has 1 saturated carbocycles. The van der Waals surface area contributed by atoms with Crippen molar-refractivity contribution < 1.29 is 9.53 Å². The summed E-state index contributed by atoms with van der Waals surface area (Å²) < 4.78 is 5.55. The number of nitrogens with one attached hydrogen (secondary N) is 2. The SMILES string of the molecule is O=C(NC[C@@H]1CCCO1)c1cccc(-c2ccc(NC3CCCC3)nn2)c1. The van der Waals surface area contributed by atoms with Crippen molar-refractivity contribution >= 4 is 11.7 Å². The average Bonchev–Trinajstić information content (AvgIpc) is 3.41. The maximum absolute atomic E-state index is 12.4. The molecule has 2 aliphatic rings. The molecule has 2 N–H and O–H groups in total. The highest BCUT2D eigenvalue weighted by Gasteiger charge is 2.17. The van der Waals surface area contributed by atoms with Crippen LogP contribution in [0.1, 0.15) is 48.9 Å². The number of hydrogen-bond donors (Lipinski definition) is 2. The highest BCUT2D eigenvalue weighted by molar-refractivity contribution is 5.95. The first-order valence-corrected chi connectivity index (χ1v) is 9.88. The molecule has 2 aromatic rings. The smallest absolute Gasteiger partial charge is 0.251 e. The second kappa shape index (κ2) is 8.48. The maximum atomic E-state index is 12.4. The Morgan fingerprint density at radius 3 is 2.70 bits per heavy atom. The number of rotatable bonds is 6. The Bertz CT molecular complexity index is 766. The van der Waals surface area contributed by atoms with Gasteiger partial charge >= 0.3 is 0 Å². The zero-order valence-corrected chi connectivity index (χ0v) is 15.5. The molecule has 1 atom stereocenters. The van der Waals surface area contributed by atoms with Gasteiger partial charge in [-0.1, -0.05) is 25.0 Å². The van der Waals surface area contributed by atoms with Crippen LogP contribution in [0.4, 0.5) is 5.82 Å². The molecule has 6 heteroatoms. The van der Waals surface area contributed by atoms with E-state index in [4.69, 9.17) is 4.74 Å². The molecule has 6 nitrogen and oxygen atoms in total. The zero-order chi connectivity index (χ0) is 18.5. The molecule has 1 saturated heterocycles. The first-order chi connectivity index (χ1) is 13.3. The van der Waals surface area contributed by atoms with Crippen molar-refractivity contribution in [2.75, 3.05) is 18.5 Å². The summed E-state index contributed by atoms with van der Waals surface area (Å²) in [4.78, 5) is 12.4. The van der Waals surface area contributed by atoms with Crippen molar-refractivity contribution in [1.29, 1.82) is 0 Å². The Morgan fingerprint density at radius 2 is 1.96 bits per heavy atom. The summed E-state index contributed by atoms with van der Waals surface area (Å²) in [5.74, 6) is 0.732. The topological polar surface area (TPSA) is 76.1 Å². The van der Waals surface area contributed by atoms with Gasteiger partial charge in [-0.2, -0.15) is 0 Å². The Morgan fingerprint density at radius 1 is 1.07 bits per heavy atom. The van der Waals surface area contributed by atoms with E-state index in [9.17, 15) is 4.79 Å². The van der Waals surface area contributed by atoms with Crippen LogP contribution >= 0.6 is 0 Å². The van der Waals surface area contributed by atoms with E-state index in [1.54, 1.807) is 0 Å². The average molecular weight is 366 g/mol. The van der Waals surface area contributed by atoms with Gasteiger partial charge in [0.1, 0.15) is 5.82 Å². The van der Waals surface area contributed by atoms with E-state index in [0.717, 1.165) is 36.5 Å². The van der Waals surface area contributed by atoms with Gasteiger partial charge in [0, 0.05) is 30.3 Å². The van der Waals surface area contributed by atoms with Gasteiger partial charge in [-0.25, -0.2) is 0 Å².